The molecule has 2 rings (SSSR count). The maximum atomic E-state index is 11.9. The highest BCUT2D eigenvalue weighted by molar-refractivity contribution is 9.09. The molecule has 0 radical (unpaired) electrons. The fourth-order valence-corrected chi connectivity index (χ4v) is 3.40. The number of likely N-dealkylation sites (N-methyl/N-ethyl adjacent to an activating group) is 1. The first kappa shape index (κ1) is 12.7. The molecular formula is C11H12BrNO3S. The molecule has 1 aliphatic heterocycles. The average Bonchev–Trinajstić information content (AvgIpc) is 2.91. The van der Waals surface area contributed by atoms with Gasteiger partial charge in [0.05, 0.1) is 10.2 Å². The molecule has 92 valence electrons. The van der Waals surface area contributed by atoms with Crippen LogP contribution in [0.4, 0.5) is 0 Å². The summed E-state index contributed by atoms with van der Waals surface area (Å²) in [6, 6.07) is 3.32. The number of carbonyl (C=O) groups is 2. The molecule has 0 bridgehead atoms. The first-order valence-electron chi connectivity index (χ1n) is 5.16. The predicted molar refractivity (Wildman–Crippen MR) is 68.6 cm³/mol. The molecular weight excluding hydrogens is 306 g/mol. The number of hydrogen-bond donors (Lipinski definition) is 1. The van der Waals surface area contributed by atoms with Crippen molar-refractivity contribution in [1.82, 2.24) is 4.90 Å². The molecule has 1 fully saturated rings. The van der Waals surface area contributed by atoms with Crippen LogP contribution in [0.2, 0.25) is 0 Å². The summed E-state index contributed by atoms with van der Waals surface area (Å²) < 4.78 is 0. The molecule has 0 aliphatic carbocycles. The number of carbonyl (C=O) groups excluding carboxylic acids is 2. The van der Waals surface area contributed by atoms with Gasteiger partial charge in [-0.05, 0) is 12.1 Å². The van der Waals surface area contributed by atoms with Crippen LogP contribution < -0.4 is 0 Å². The Kier molecular flexibility index (Phi) is 3.38. The number of hydrogen-bond acceptors (Lipinski definition) is 4. The molecule has 1 saturated heterocycles. The Morgan fingerprint density at radius 2 is 2.35 bits per heavy atom. The van der Waals surface area contributed by atoms with Crippen molar-refractivity contribution in [1.29, 1.82) is 0 Å². The number of halogens is 1. The van der Waals surface area contributed by atoms with E-state index in [1.807, 2.05) is 0 Å². The van der Waals surface area contributed by atoms with Crippen molar-refractivity contribution < 1.29 is 14.7 Å². The highest BCUT2D eigenvalue weighted by atomic mass is 79.9. The van der Waals surface area contributed by atoms with Gasteiger partial charge in [0.1, 0.15) is 0 Å². The number of nitrogens with zero attached hydrogens (tertiary/aromatic N) is 1. The summed E-state index contributed by atoms with van der Waals surface area (Å²) in [6.45, 7) is 0.537. The van der Waals surface area contributed by atoms with Gasteiger partial charge >= 0.3 is 0 Å². The number of likely N-dealkylation sites (tertiary alicyclic amines) is 1. The molecule has 4 nitrogen and oxygen atoms in total. The van der Waals surface area contributed by atoms with Gasteiger partial charge in [-0.3, -0.25) is 9.59 Å². The Bertz CT molecular complexity index is 473. The minimum atomic E-state index is -1.44. The number of ketones is 1. The van der Waals surface area contributed by atoms with Gasteiger partial charge in [0, 0.05) is 24.9 Å². The smallest absolute Gasteiger partial charge is 0.259 e. The van der Waals surface area contributed by atoms with Crippen molar-refractivity contribution in [2.75, 3.05) is 18.9 Å². The van der Waals surface area contributed by atoms with Crippen molar-refractivity contribution in [3.05, 3.63) is 21.9 Å². The third-order valence-corrected chi connectivity index (χ3v) is 4.71. The van der Waals surface area contributed by atoms with E-state index in [9.17, 15) is 14.7 Å². The third-order valence-electron chi connectivity index (χ3n) is 2.92. The SMILES string of the molecule is CN1CCC(O)(c2ccc(C(=O)CBr)s2)C1=O. The standard InChI is InChI=1S/C11H12BrNO3S/c1-13-5-4-11(16,10(13)15)9-3-2-8(17-9)7(14)6-12/h2-3,16H,4-6H2,1H3. The Labute approximate surface area is 111 Å². The van der Waals surface area contributed by atoms with Crippen molar-refractivity contribution in [3.63, 3.8) is 0 Å². The van der Waals surface area contributed by atoms with E-state index in [4.69, 9.17) is 0 Å². The van der Waals surface area contributed by atoms with Gasteiger partial charge in [-0.2, -0.15) is 0 Å². The van der Waals surface area contributed by atoms with Crippen LogP contribution in [0.3, 0.4) is 0 Å². The molecule has 1 aromatic heterocycles. The molecule has 1 N–H and O–H groups in total. The van der Waals surface area contributed by atoms with Crippen LogP contribution in [0.25, 0.3) is 0 Å². The fourth-order valence-electron chi connectivity index (χ4n) is 1.86. The van der Waals surface area contributed by atoms with Gasteiger partial charge in [0.2, 0.25) is 0 Å². The van der Waals surface area contributed by atoms with Gasteiger partial charge in [-0.15, -0.1) is 11.3 Å². The van der Waals surface area contributed by atoms with Crippen molar-refractivity contribution in [3.8, 4) is 0 Å². The maximum absolute atomic E-state index is 11.9. The van der Waals surface area contributed by atoms with Crippen molar-refractivity contribution >= 4 is 39.0 Å². The summed E-state index contributed by atoms with van der Waals surface area (Å²) in [5, 5.41) is 10.6. The second kappa shape index (κ2) is 4.51. The Balaban J connectivity index is 2.32. The Morgan fingerprint density at radius 3 is 2.88 bits per heavy atom. The first-order valence-corrected chi connectivity index (χ1v) is 7.10. The van der Waals surface area contributed by atoms with Crippen LogP contribution in [-0.4, -0.2) is 40.6 Å². The zero-order valence-corrected chi connectivity index (χ0v) is 11.7. The summed E-state index contributed by atoms with van der Waals surface area (Å²) in [5.41, 5.74) is -1.44. The van der Waals surface area contributed by atoms with Crippen LogP contribution in [0.5, 0.6) is 0 Å². The fraction of sp³-hybridized carbons (Fsp3) is 0.455. The van der Waals surface area contributed by atoms with Gasteiger partial charge in [-0.25, -0.2) is 0 Å². The van der Waals surface area contributed by atoms with E-state index in [1.54, 1.807) is 19.2 Å². The lowest BCUT2D eigenvalue weighted by molar-refractivity contribution is -0.142. The molecule has 0 aromatic carbocycles. The maximum Gasteiger partial charge on any atom is 0.259 e. The molecule has 0 spiro atoms. The third kappa shape index (κ3) is 2.05. The lowest BCUT2D eigenvalue weighted by Crippen LogP contribution is -2.35. The lowest BCUT2D eigenvalue weighted by Gasteiger charge is -2.18. The van der Waals surface area contributed by atoms with E-state index < -0.39 is 5.60 Å². The molecule has 1 aromatic rings. The van der Waals surface area contributed by atoms with Gasteiger partial charge in [0.25, 0.3) is 5.91 Å². The molecule has 1 aliphatic rings. The van der Waals surface area contributed by atoms with E-state index in [1.165, 1.54) is 16.2 Å². The van der Waals surface area contributed by atoms with Crippen LogP contribution in [0.15, 0.2) is 12.1 Å². The largest absolute Gasteiger partial charge is 0.375 e. The molecule has 1 unspecified atom stereocenters. The van der Waals surface area contributed by atoms with Gasteiger partial charge in [0.15, 0.2) is 11.4 Å². The summed E-state index contributed by atoms with van der Waals surface area (Å²) in [4.78, 5) is 26.0. The first-order chi connectivity index (χ1) is 7.99. The van der Waals surface area contributed by atoms with E-state index in [0.29, 0.717) is 22.7 Å². The minimum absolute atomic E-state index is 0.0383. The molecule has 2 heterocycles. The molecule has 6 heteroatoms. The molecule has 1 atom stereocenters. The highest BCUT2D eigenvalue weighted by Gasteiger charge is 2.46. The highest BCUT2D eigenvalue weighted by Crippen LogP contribution is 2.36. The molecule has 17 heavy (non-hydrogen) atoms. The zero-order valence-electron chi connectivity index (χ0n) is 9.27. The second-order valence-electron chi connectivity index (χ2n) is 4.06. The monoisotopic (exact) mass is 317 g/mol. The number of aliphatic hydroxyl groups is 1. The topological polar surface area (TPSA) is 57.6 Å². The van der Waals surface area contributed by atoms with Gasteiger partial charge in [-0.1, -0.05) is 15.9 Å². The second-order valence-corrected chi connectivity index (χ2v) is 5.70. The van der Waals surface area contributed by atoms with E-state index >= 15 is 0 Å². The summed E-state index contributed by atoms with van der Waals surface area (Å²) in [6.07, 6.45) is 0.380. The Morgan fingerprint density at radius 1 is 1.65 bits per heavy atom. The van der Waals surface area contributed by atoms with Crippen LogP contribution in [0, 0.1) is 0 Å². The van der Waals surface area contributed by atoms with E-state index in [2.05, 4.69) is 15.9 Å². The van der Waals surface area contributed by atoms with Crippen LogP contribution in [-0.2, 0) is 10.4 Å². The number of amides is 1. The van der Waals surface area contributed by atoms with E-state index in [0.717, 1.165) is 0 Å². The minimum Gasteiger partial charge on any atom is -0.375 e. The van der Waals surface area contributed by atoms with Crippen LogP contribution >= 0.6 is 27.3 Å². The molecule has 1 amide bonds. The normalized spacial score (nSPS) is 24.4. The predicted octanol–water partition coefficient (Wildman–Crippen LogP) is 1.38. The summed E-state index contributed by atoms with van der Waals surface area (Å²) >= 11 is 4.29. The number of alkyl halides is 1. The zero-order chi connectivity index (χ0) is 12.6. The van der Waals surface area contributed by atoms with Crippen molar-refractivity contribution in [2.24, 2.45) is 0 Å². The lowest BCUT2D eigenvalue weighted by atomic mass is 10.0. The van der Waals surface area contributed by atoms with Crippen LogP contribution in [0.1, 0.15) is 21.0 Å². The quantitative estimate of drug-likeness (QED) is 0.676. The van der Waals surface area contributed by atoms with Gasteiger partial charge < -0.3 is 10.0 Å². The Hall–Kier alpha value is -0.720. The number of rotatable bonds is 3. The van der Waals surface area contributed by atoms with E-state index in [-0.39, 0.29) is 17.0 Å². The summed E-state index contributed by atoms with van der Waals surface area (Å²) in [7, 11) is 1.67. The van der Waals surface area contributed by atoms with Crippen molar-refractivity contribution in [2.45, 2.75) is 12.0 Å². The average molecular weight is 318 g/mol. The number of thiophene rings is 1. The summed E-state index contributed by atoms with van der Waals surface area (Å²) in [5.74, 6) is -0.333. The number of Topliss-reactive ketones (excluding diaryl/α,β-unsaturated/α-hetero) is 1. The molecule has 0 saturated carbocycles.